The van der Waals surface area contributed by atoms with Gasteiger partial charge in [-0.2, -0.15) is 0 Å². The number of ether oxygens (including phenoxy) is 1. The third-order valence-electron chi connectivity index (χ3n) is 4.42. The molecule has 1 fully saturated rings. The number of benzene rings is 2. The van der Waals surface area contributed by atoms with E-state index in [0.29, 0.717) is 22.2 Å². The van der Waals surface area contributed by atoms with Gasteiger partial charge in [0.15, 0.2) is 5.11 Å². The van der Waals surface area contributed by atoms with E-state index in [1.807, 2.05) is 24.3 Å². The Balaban J connectivity index is 1.54. The molecule has 0 aliphatic carbocycles. The molecule has 3 rings (SSSR count). The summed E-state index contributed by atoms with van der Waals surface area (Å²) in [5.41, 5.74) is 1.45. The zero-order chi connectivity index (χ0) is 18.5. The average Bonchev–Trinajstić information content (AvgIpc) is 2.65. The fraction of sp³-hybridized carbons (Fsp3) is 0.316. The van der Waals surface area contributed by atoms with Crippen molar-refractivity contribution in [3.05, 3.63) is 58.9 Å². The highest BCUT2D eigenvalue weighted by Crippen LogP contribution is 2.22. The lowest BCUT2D eigenvalue weighted by Crippen LogP contribution is -2.49. The molecule has 1 N–H and O–H groups in total. The van der Waals surface area contributed by atoms with Crippen LogP contribution in [0.15, 0.2) is 42.5 Å². The van der Waals surface area contributed by atoms with Crippen LogP contribution in [0.25, 0.3) is 0 Å². The smallest absolute Gasteiger partial charge is 0.173 e. The second kappa shape index (κ2) is 8.66. The molecule has 2 aromatic rings. The van der Waals surface area contributed by atoms with E-state index in [-0.39, 0.29) is 5.82 Å². The molecule has 4 nitrogen and oxygen atoms in total. The maximum absolute atomic E-state index is 14.0. The minimum Gasteiger partial charge on any atom is -0.497 e. The second-order valence-electron chi connectivity index (χ2n) is 6.13. The highest BCUT2D eigenvalue weighted by atomic mass is 35.5. The summed E-state index contributed by atoms with van der Waals surface area (Å²) in [6.07, 6.45) is 0. The SMILES string of the molecule is COc1cccc(NC(=S)N2CCN(Cc3c(F)cccc3Cl)CC2)c1. The molecular weight excluding hydrogens is 373 g/mol. The zero-order valence-corrected chi connectivity index (χ0v) is 16.1. The van der Waals surface area contributed by atoms with Crippen molar-refractivity contribution in [3.8, 4) is 5.75 Å². The monoisotopic (exact) mass is 393 g/mol. The van der Waals surface area contributed by atoms with E-state index in [1.165, 1.54) is 6.07 Å². The molecule has 0 atom stereocenters. The third kappa shape index (κ3) is 4.63. The maximum Gasteiger partial charge on any atom is 0.173 e. The minimum atomic E-state index is -0.254. The van der Waals surface area contributed by atoms with E-state index in [4.69, 9.17) is 28.6 Å². The Kier molecular flexibility index (Phi) is 6.29. The van der Waals surface area contributed by atoms with Crippen molar-refractivity contribution in [3.63, 3.8) is 0 Å². The molecule has 1 heterocycles. The highest BCUT2D eigenvalue weighted by molar-refractivity contribution is 7.80. The molecule has 138 valence electrons. The van der Waals surface area contributed by atoms with Crippen LogP contribution in [0.2, 0.25) is 5.02 Å². The Morgan fingerprint density at radius 3 is 2.62 bits per heavy atom. The Hall–Kier alpha value is -1.89. The lowest BCUT2D eigenvalue weighted by molar-refractivity contribution is 0.175. The first-order valence-electron chi connectivity index (χ1n) is 8.42. The van der Waals surface area contributed by atoms with Gasteiger partial charge in [-0.15, -0.1) is 0 Å². The minimum absolute atomic E-state index is 0.254. The second-order valence-corrected chi connectivity index (χ2v) is 6.92. The van der Waals surface area contributed by atoms with E-state index in [2.05, 4.69) is 15.1 Å². The number of nitrogens with one attached hydrogen (secondary N) is 1. The zero-order valence-electron chi connectivity index (χ0n) is 14.5. The van der Waals surface area contributed by atoms with Gasteiger partial charge in [-0.25, -0.2) is 4.39 Å². The number of rotatable bonds is 4. The summed E-state index contributed by atoms with van der Waals surface area (Å²) in [5.74, 6) is 0.527. The molecule has 1 aliphatic rings. The number of thiocarbonyl (C=S) groups is 1. The molecule has 0 aromatic heterocycles. The Morgan fingerprint density at radius 2 is 1.92 bits per heavy atom. The summed E-state index contributed by atoms with van der Waals surface area (Å²) in [4.78, 5) is 4.31. The predicted octanol–water partition coefficient (Wildman–Crippen LogP) is 4.00. The lowest BCUT2D eigenvalue weighted by Gasteiger charge is -2.36. The largest absolute Gasteiger partial charge is 0.497 e. The Morgan fingerprint density at radius 1 is 1.19 bits per heavy atom. The van der Waals surface area contributed by atoms with Crippen molar-refractivity contribution in [1.82, 2.24) is 9.80 Å². The number of piperazine rings is 1. The van der Waals surface area contributed by atoms with Crippen molar-refractivity contribution in [2.24, 2.45) is 0 Å². The third-order valence-corrected chi connectivity index (χ3v) is 5.14. The van der Waals surface area contributed by atoms with Crippen LogP contribution in [0.4, 0.5) is 10.1 Å². The summed E-state index contributed by atoms with van der Waals surface area (Å²) in [5, 5.41) is 4.40. The van der Waals surface area contributed by atoms with E-state index in [9.17, 15) is 4.39 Å². The van der Waals surface area contributed by atoms with Gasteiger partial charge in [0.2, 0.25) is 0 Å². The van der Waals surface area contributed by atoms with Crippen molar-refractivity contribution in [2.45, 2.75) is 6.54 Å². The van der Waals surface area contributed by atoms with Crippen LogP contribution in [0, 0.1) is 5.82 Å². The van der Waals surface area contributed by atoms with Gasteiger partial charge in [0, 0.05) is 55.1 Å². The molecule has 26 heavy (non-hydrogen) atoms. The molecule has 0 radical (unpaired) electrons. The van der Waals surface area contributed by atoms with Crippen LogP contribution in [-0.4, -0.2) is 48.2 Å². The van der Waals surface area contributed by atoms with Crippen LogP contribution >= 0.6 is 23.8 Å². The highest BCUT2D eigenvalue weighted by Gasteiger charge is 2.21. The van der Waals surface area contributed by atoms with E-state index >= 15 is 0 Å². The van der Waals surface area contributed by atoms with Gasteiger partial charge in [-0.1, -0.05) is 23.7 Å². The van der Waals surface area contributed by atoms with E-state index < -0.39 is 0 Å². The van der Waals surface area contributed by atoms with Crippen LogP contribution in [0.1, 0.15) is 5.56 Å². The fourth-order valence-corrected chi connectivity index (χ4v) is 3.44. The first-order chi connectivity index (χ1) is 12.6. The van der Waals surface area contributed by atoms with Gasteiger partial charge >= 0.3 is 0 Å². The molecular formula is C19H21ClFN3OS. The van der Waals surface area contributed by atoms with Crippen molar-refractivity contribution < 1.29 is 9.13 Å². The summed E-state index contributed by atoms with van der Waals surface area (Å²) in [7, 11) is 1.64. The van der Waals surface area contributed by atoms with Gasteiger partial charge in [0.25, 0.3) is 0 Å². The first-order valence-corrected chi connectivity index (χ1v) is 9.20. The molecule has 0 amide bonds. The molecule has 7 heteroatoms. The van der Waals surface area contributed by atoms with Gasteiger partial charge in [-0.05, 0) is 36.5 Å². The van der Waals surface area contributed by atoms with Crippen molar-refractivity contribution in [1.29, 1.82) is 0 Å². The number of halogens is 2. The van der Waals surface area contributed by atoms with E-state index in [0.717, 1.165) is 37.6 Å². The summed E-state index contributed by atoms with van der Waals surface area (Å²) in [6, 6.07) is 12.5. The van der Waals surface area contributed by atoms with Crippen molar-refractivity contribution >= 4 is 34.6 Å². The number of hydrogen-bond donors (Lipinski definition) is 1. The molecule has 1 aliphatic heterocycles. The Labute approximate surface area is 163 Å². The summed E-state index contributed by atoms with van der Waals surface area (Å²) >= 11 is 11.6. The maximum atomic E-state index is 14.0. The van der Waals surface area contributed by atoms with Crippen LogP contribution in [0.5, 0.6) is 5.75 Å². The quantitative estimate of drug-likeness (QED) is 0.792. The topological polar surface area (TPSA) is 27.7 Å². The van der Waals surface area contributed by atoms with Crippen LogP contribution < -0.4 is 10.1 Å². The molecule has 1 saturated heterocycles. The standard InChI is InChI=1S/C19H21ClFN3OS/c1-25-15-5-2-4-14(12-15)22-19(26)24-10-8-23(9-11-24)13-16-17(20)6-3-7-18(16)21/h2-7,12H,8-11,13H2,1H3,(H,22,26). The average molecular weight is 394 g/mol. The first kappa shape index (κ1) is 18.9. The number of nitrogens with zero attached hydrogens (tertiary/aromatic N) is 2. The molecule has 2 aromatic carbocycles. The van der Waals surface area contributed by atoms with Gasteiger partial charge < -0.3 is 15.0 Å². The van der Waals surface area contributed by atoms with Crippen molar-refractivity contribution in [2.75, 3.05) is 38.6 Å². The summed E-state index contributed by atoms with van der Waals surface area (Å²) < 4.78 is 19.2. The van der Waals surface area contributed by atoms with E-state index in [1.54, 1.807) is 19.2 Å². The van der Waals surface area contributed by atoms with Crippen LogP contribution in [0.3, 0.4) is 0 Å². The normalized spacial score (nSPS) is 15.0. The van der Waals surface area contributed by atoms with Gasteiger partial charge in [0.1, 0.15) is 11.6 Å². The fourth-order valence-electron chi connectivity index (χ4n) is 2.92. The van der Waals surface area contributed by atoms with Gasteiger partial charge in [-0.3, -0.25) is 4.90 Å². The number of anilines is 1. The molecule has 0 unspecified atom stereocenters. The van der Waals surface area contributed by atoms with Gasteiger partial charge in [0.05, 0.1) is 7.11 Å². The number of hydrogen-bond acceptors (Lipinski definition) is 3. The predicted molar refractivity (Wildman–Crippen MR) is 107 cm³/mol. The lowest BCUT2D eigenvalue weighted by atomic mass is 10.2. The molecule has 0 saturated carbocycles. The number of methoxy groups -OCH3 is 1. The van der Waals surface area contributed by atoms with Crippen LogP contribution in [-0.2, 0) is 6.54 Å². The summed E-state index contributed by atoms with van der Waals surface area (Å²) in [6.45, 7) is 3.66. The molecule has 0 bridgehead atoms. The Bertz CT molecular complexity index is 761. The molecule has 0 spiro atoms.